The van der Waals surface area contributed by atoms with Crippen LogP contribution in [0, 0.1) is 17.3 Å². The van der Waals surface area contributed by atoms with E-state index in [4.69, 9.17) is 0 Å². The zero-order valence-electron chi connectivity index (χ0n) is 13.4. The summed E-state index contributed by atoms with van der Waals surface area (Å²) in [6.07, 6.45) is 8.18. The Balaban J connectivity index is 1.52. The molecule has 1 heterocycles. The molecule has 2 bridgehead atoms. The Morgan fingerprint density at radius 3 is 3.00 bits per heavy atom. The Labute approximate surface area is 137 Å². The smallest absolute Gasteiger partial charge is 0.233 e. The first-order valence-electron chi connectivity index (χ1n) is 8.96. The molecule has 0 spiro atoms. The number of anilines is 1. The number of aliphatic hydroxyl groups excluding tert-OH is 1. The summed E-state index contributed by atoms with van der Waals surface area (Å²) in [5.41, 5.74) is 3.30. The second-order valence-corrected chi connectivity index (χ2v) is 7.90. The summed E-state index contributed by atoms with van der Waals surface area (Å²) in [6.45, 7) is 0.644. The SMILES string of the molecule is O=C(N1CCC(O)c2ccccc21)C12CC=C3CCC(C1)C3C2. The van der Waals surface area contributed by atoms with Crippen LogP contribution in [-0.4, -0.2) is 17.6 Å². The fourth-order valence-corrected chi connectivity index (χ4v) is 5.64. The van der Waals surface area contributed by atoms with Gasteiger partial charge in [-0.05, 0) is 56.4 Å². The van der Waals surface area contributed by atoms with E-state index < -0.39 is 6.10 Å². The molecule has 1 aromatic rings. The molecule has 3 heteroatoms. The van der Waals surface area contributed by atoms with Crippen LogP contribution in [0.1, 0.15) is 50.2 Å². The molecule has 0 radical (unpaired) electrons. The number of allylic oxidation sites excluding steroid dienone is 2. The van der Waals surface area contributed by atoms with Crippen molar-refractivity contribution in [3.8, 4) is 0 Å². The third kappa shape index (κ3) is 1.83. The van der Waals surface area contributed by atoms with E-state index in [9.17, 15) is 9.90 Å². The zero-order valence-corrected chi connectivity index (χ0v) is 13.4. The number of fused-ring (bicyclic) bond motifs is 2. The van der Waals surface area contributed by atoms with Gasteiger partial charge in [0, 0.05) is 17.8 Å². The molecule has 1 N–H and O–H groups in total. The lowest BCUT2D eigenvalue weighted by Gasteiger charge is -2.40. The monoisotopic (exact) mass is 309 g/mol. The van der Waals surface area contributed by atoms with E-state index in [2.05, 4.69) is 6.08 Å². The number of aliphatic hydroxyl groups is 1. The summed E-state index contributed by atoms with van der Waals surface area (Å²) in [5.74, 6) is 1.72. The molecule has 3 nitrogen and oxygen atoms in total. The first-order valence-corrected chi connectivity index (χ1v) is 8.96. The molecule has 3 aliphatic carbocycles. The number of hydrogen-bond donors (Lipinski definition) is 1. The summed E-state index contributed by atoms with van der Waals surface area (Å²) in [5, 5.41) is 10.2. The van der Waals surface area contributed by atoms with Gasteiger partial charge < -0.3 is 10.0 Å². The van der Waals surface area contributed by atoms with Crippen molar-refractivity contribution in [1.82, 2.24) is 0 Å². The number of carbonyl (C=O) groups is 1. The van der Waals surface area contributed by atoms with Crippen LogP contribution in [0.4, 0.5) is 5.69 Å². The number of nitrogens with zero attached hydrogens (tertiary/aromatic N) is 1. The highest BCUT2D eigenvalue weighted by Crippen LogP contribution is 2.61. The molecule has 0 aromatic heterocycles. The Kier molecular flexibility index (Phi) is 2.82. The van der Waals surface area contributed by atoms with Gasteiger partial charge in [0.25, 0.3) is 0 Å². The number of hydrogen-bond acceptors (Lipinski definition) is 2. The van der Waals surface area contributed by atoms with Crippen molar-refractivity contribution in [2.45, 2.75) is 44.6 Å². The van der Waals surface area contributed by atoms with Crippen molar-refractivity contribution in [2.24, 2.45) is 17.3 Å². The number of rotatable bonds is 1. The molecule has 4 aliphatic rings. The predicted molar refractivity (Wildman–Crippen MR) is 89.0 cm³/mol. The molecule has 4 unspecified atom stereocenters. The fraction of sp³-hybridized carbons (Fsp3) is 0.550. The highest BCUT2D eigenvalue weighted by Gasteiger charge is 2.56. The Morgan fingerprint density at radius 1 is 1.22 bits per heavy atom. The summed E-state index contributed by atoms with van der Waals surface area (Å²) in [7, 11) is 0. The molecule has 1 aromatic carbocycles. The van der Waals surface area contributed by atoms with Crippen molar-refractivity contribution >= 4 is 11.6 Å². The molecule has 120 valence electrons. The first-order chi connectivity index (χ1) is 11.2. The quantitative estimate of drug-likeness (QED) is 0.805. The first kappa shape index (κ1) is 13.8. The average molecular weight is 309 g/mol. The molecule has 5 rings (SSSR count). The van der Waals surface area contributed by atoms with E-state index in [-0.39, 0.29) is 5.41 Å². The van der Waals surface area contributed by atoms with Crippen LogP contribution in [0.3, 0.4) is 0 Å². The maximum atomic E-state index is 13.5. The van der Waals surface area contributed by atoms with E-state index in [1.54, 1.807) is 5.57 Å². The highest BCUT2D eigenvalue weighted by molar-refractivity contribution is 5.99. The van der Waals surface area contributed by atoms with E-state index >= 15 is 0 Å². The molecule has 0 saturated heterocycles. The average Bonchev–Trinajstić information content (AvgIpc) is 3.08. The highest BCUT2D eigenvalue weighted by atomic mass is 16.3. The van der Waals surface area contributed by atoms with E-state index in [0.717, 1.165) is 36.4 Å². The van der Waals surface area contributed by atoms with Crippen molar-refractivity contribution in [2.75, 3.05) is 11.4 Å². The molecular formula is C20H23NO2. The minimum Gasteiger partial charge on any atom is -0.388 e. The standard InChI is InChI=1S/C20H23NO2/c22-18-8-10-21(17-4-2-1-3-15(17)18)19(23)20-9-7-13-5-6-14(11-20)16(13)12-20/h1-4,7,14,16,18,22H,5-6,8-12H2. The minimum atomic E-state index is -0.437. The van der Waals surface area contributed by atoms with Crippen LogP contribution in [0.25, 0.3) is 0 Å². The minimum absolute atomic E-state index is 0.172. The molecule has 4 atom stereocenters. The molecular weight excluding hydrogens is 286 g/mol. The Bertz CT molecular complexity index is 709. The number of amides is 1. The number of para-hydroxylation sites is 1. The van der Waals surface area contributed by atoms with Gasteiger partial charge in [0.05, 0.1) is 11.5 Å². The second kappa shape index (κ2) is 4.70. The summed E-state index contributed by atoms with van der Waals surface area (Å²) in [4.78, 5) is 15.5. The zero-order chi connectivity index (χ0) is 15.6. The Hall–Kier alpha value is -1.61. The van der Waals surface area contributed by atoms with Crippen molar-refractivity contribution < 1.29 is 9.90 Å². The van der Waals surface area contributed by atoms with E-state index in [0.29, 0.717) is 24.8 Å². The van der Waals surface area contributed by atoms with E-state index in [1.165, 1.54) is 12.8 Å². The molecule has 2 fully saturated rings. The van der Waals surface area contributed by atoms with Gasteiger partial charge in [-0.3, -0.25) is 4.79 Å². The van der Waals surface area contributed by atoms with Crippen LogP contribution in [0.2, 0.25) is 0 Å². The van der Waals surface area contributed by atoms with Crippen molar-refractivity contribution in [3.63, 3.8) is 0 Å². The van der Waals surface area contributed by atoms with Crippen LogP contribution in [0.5, 0.6) is 0 Å². The number of carbonyl (C=O) groups excluding carboxylic acids is 1. The predicted octanol–water partition coefficient (Wildman–Crippen LogP) is 3.59. The lowest BCUT2D eigenvalue weighted by atomic mass is 9.74. The lowest BCUT2D eigenvalue weighted by Crippen LogP contribution is -2.46. The van der Waals surface area contributed by atoms with Crippen molar-refractivity contribution in [3.05, 3.63) is 41.5 Å². The van der Waals surface area contributed by atoms with Gasteiger partial charge in [-0.2, -0.15) is 0 Å². The van der Waals surface area contributed by atoms with Crippen LogP contribution in [0.15, 0.2) is 35.9 Å². The van der Waals surface area contributed by atoms with Gasteiger partial charge >= 0.3 is 0 Å². The van der Waals surface area contributed by atoms with Gasteiger partial charge in [-0.25, -0.2) is 0 Å². The van der Waals surface area contributed by atoms with Gasteiger partial charge in [0.1, 0.15) is 0 Å². The molecule has 1 amide bonds. The third-order valence-corrected chi connectivity index (χ3v) is 6.78. The van der Waals surface area contributed by atoms with Crippen LogP contribution < -0.4 is 4.90 Å². The molecule has 1 aliphatic heterocycles. The summed E-state index contributed by atoms with van der Waals surface area (Å²) in [6, 6.07) is 7.87. The van der Waals surface area contributed by atoms with Crippen LogP contribution in [-0.2, 0) is 4.79 Å². The third-order valence-electron chi connectivity index (χ3n) is 6.78. The van der Waals surface area contributed by atoms with Gasteiger partial charge in [-0.15, -0.1) is 0 Å². The van der Waals surface area contributed by atoms with Crippen molar-refractivity contribution in [1.29, 1.82) is 0 Å². The summed E-state index contributed by atoms with van der Waals surface area (Å²) >= 11 is 0. The normalized spacial score (nSPS) is 37.5. The second-order valence-electron chi connectivity index (χ2n) is 7.90. The van der Waals surface area contributed by atoms with E-state index in [1.807, 2.05) is 29.2 Å². The number of benzene rings is 1. The topological polar surface area (TPSA) is 40.5 Å². The lowest BCUT2D eigenvalue weighted by molar-refractivity contribution is -0.128. The Morgan fingerprint density at radius 2 is 2.09 bits per heavy atom. The molecule has 2 saturated carbocycles. The fourth-order valence-electron chi connectivity index (χ4n) is 5.64. The maximum Gasteiger partial charge on any atom is 0.233 e. The largest absolute Gasteiger partial charge is 0.388 e. The molecule has 23 heavy (non-hydrogen) atoms. The van der Waals surface area contributed by atoms with Gasteiger partial charge in [0.15, 0.2) is 0 Å². The van der Waals surface area contributed by atoms with Gasteiger partial charge in [-0.1, -0.05) is 29.8 Å². The summed E-state index contributed by atoms with van der Waals surface area (Å²) < 4.78 is 0. The maximum absolute atomic E-state index is 13.5. The van der Waals surface area contributed by atoms with Crippen LogP contribution >= 0.6 is 0 Å². The van der Waals surface area contributed by atoms with Gasteiger partial charge in [0.2, 0.25) is 5.91 Å².